The summed E-state index contributed by atoms with van der Waals surface area (Å²) >= 11 is 1.65. The van der Waals surface area contributed by atoms with Gasteiger partial charge in [-0.3, -0.25) is 30.6 Å². The van der Waals surface area contributed by atoms with Crippen molar-refractivity contribution in [2.24, 2.45) is 0 Å². The number of rotatable bonds is 6. The third kappa shape index (κ3) is 5.06. The van der Waals surface area contributed by atoms with E-state index in [0.717, 1.165) is 18.1 Å². The summed E-state index contributed by atoms with van der Waals surface area (Å²) in [7, 11) is 0. The minimum absolute atomic E-state index is 0.0535. The van der Waals surface area contributed by atoms with Crippen LogP contribution in [0, 0.1) is 10.1 Å². The summed E-state index contributed by atoms with van der Waals surface area (Å²) < 4.78 is 38.2. The smallest absolute Gasteiger partial charge is 0.338 e. The van der Waals surface area contributed by atoms with Gasteiger partial charge in [0.05, 0.1) is 10.5 Å². The molecule has 0 atom stereocenters. The van der Waals surface area contributed by atoms with Crippen LogP contribution in [0.1, 0.15) is 28.8 Å². The van der Waals surface area contributed by atoms with Crippen LogP contribution < -0.4 is 10.9 Å². The molecule has 2 aromatic rings. The van der Waals surface area contributed by atoms with Gasteiger partial charge in [-0.15, -0.1) is 11.3 Å². The highest BCUT2D eigenvalue weighted by Crippen LogP contribution is 2.34. The zero-order valence-corrected chi connectivity index (χ0v) is 16.3. The van der Waals surface area contributed by atoms with Crippen LogP contribution in [-0.4, -0.2) is 28.2 Å². The number of fused-ring (bicyclic) bond motifs is 1. The molecule has 0 saturated carbocycles. The fourth-order valence-corrected chi connectivity index (χ4v) is 3.89. The maximum atomic E-state index is 12.7. The molecule has 2 amide bonds. The van der Waals surface area contributed by atoms with E-state index in [9.17, 15) is 32.9 Å². The Morgan fingerprint density at radius 3 is 2.70 bits per heavy atom. The van der Waals surface area contributed by atoms with E-state index in [1.165, 1.54) is 4.88 Å². The van der Waals surface area contributed by atoms with Crippen molar-refractivity contribution in [1.82, 2.24) is 10.3 Å². The van der Waals surface area contributed by atoms with Crippen molar-refractivity contribution < 1.29 is 27.7 Å². The zero-order chi connectivity index (χ0) is 21.9. The predicted molar refractivity (Wildman–Crippen MR) is 103 cm³/mol. The highest BCUT2D eigenvalue weighted by atomic mass is 32.1. The van der Waals surface area contributed by atoms with E-state index in [-0.39, 0.29) is 24.4 Å². The van der Waals surface area contributed by atoms with Crippen molar-refractivity contribution in [1.29, 1.82) is 0 Å². The first-order valence-electron chi connectivity index (χ1n) is 8.88. The largest absolute Gasteiger partial charge is 0.416 e. The molecule has 0 fully saturated rings. The second-order valence-electron chi connectivity index (χ2n) is 6.59. The number of alkyl halides is 3. The van der Waals surface area contributed by atoms with E-state index >= 15 is 0 Å². The predicted octanol–water partition coefficient (Wildman–Crippen LogP) is 3.48. The van der Waals surface area contributed by atoms with Crippen molar-refractivity contribution in [2.75, 3.05) is 12.0 Å². The average Bonchev–Trinajstić information content (AvgIpc) is 3.17. The Morgan fingerprint density at radius 2 is 2.00 bits per heavy atom. The minimum atomic E-state index is -4.73. The number of nitrogens with one attached hydrogen (secondary N) is 2. The number of hydrogen-bond donors (Lipinski definition) is 2. The maximum Gasteiger partial charge on any atom is 0.416 e. The van der Waals surface area contributed by atoms with E-state index < -0.39 is 28.3 Å². The third-order valence-corrected chi connectivity index (χ3v) is 5.61. The molecule has 12 heteroatoms. The van der Waals surface area contributed by atoms with Crippen LogP contribution in [0.4, 0.5) is 24.5 Å². The lowest BCUT2D eigenvalue weighted by Gasteiger charge is -2.27. The molecule has 0 saturated heterocycles. The Morgan fingerprint density at radius 1 is 1.23 bits per heavy atom. The SMILES string of the molecule is O=C(CCC(=O)N1CCc2sccc2C1)NNc1ccc(C(F)(F)F)cc1[N+](=O)[O-]. The summed E-state index contributed by atoms with van der Waals surface area (Å²) in [4.78, 5) is 37.3. The number of anilines is 1. The zero-order valence-electron chi connectivity index (χ0n) is 15.5. The highest BCUT2D eigenvalue weighted by molar-refractivity contribution is 7.10. The number of hydrogen-bond acceptors (Lipinski definition) is 6. The molecular formula is C18H17F3N4O4S. The van der Waals surface area contributed by atoms with Gasteiger partial charge in [0, 0.05) is 36.9 Å². The molecule has 160 valence electrons. The van der Waals surface area contributed by atoms with Gasteiger partial charge in [-0.1, -0.05) is 0 Å². The molecule has 1 aliphatic heterocycles. The molecule has 1 aromatic carbocycles. The van der Waals surface area contributed by atoms with E-state index in [1.807, 2.05) is 11.4 Å². The van der Waals surface area contributed by atoms with Gasteiger partial charge in [0.15, 0.2) is 0 Å². The molecule has 1 aromatic heterocycles. The van der Waals surface area contributed by atoms with E-state index in [2.05, 4.69) is 10.9 Å². The number of carbonyl (C=O) groups excluding carboxylic acids is 2. The number of nitrogens with zero attached hydrogens (tertiary/aromatic N) is 2. The van der Waals surface area contributed by atoms with Gasteiger partial charge in [0.1, 0.15) is 5.69 Å². The number of benzene rings is 1. The van der Waals surface area contributed by atoms with Crippen LogP contribution >= 0.6 is 11.3 Å². The first kappa shape index (κ1) is 21.6. The Balaban J connectivity index is 1.52. The minimum Gasteiger partial charge on any atom is -0.338 e. The lowest BCUT2D eigenvalue weighted by atomic mass is 10.1. The molecule has 30 heavy (non-hydrogen) atoms. The van der Waals surface area contributed by atoms with Crippen molar-refractivity contribution in [3.05, 3.63) is 55.8 Å². The third-order valence-electron chi connectivity index (χ3n) is 4.58. The summed E-state index contributed by atoms with van der Waals surface area (Å²) in [5.74, 6) is -0.812. The Labute approximate surface area is 172 Å². The van der Waals surface area contributed by atoms with E-state index in [0.29, 0.717) is 25.2 Å². The summed E-state index contributed by atoms with van der Waals surface area (Å²) in [6.45, 7) is 1.07. The quantitative estimate of drug-likeness (QED) is 0.527. The van der Waals surface area contributed by atoms with Gasteiger partial charge >= 0.3 is 6.18 Å². The monoisotopic (exact) mass is 442 g/mol. The second kappa shape index (κ2) is 8.69. The molecule has 0 aliphatic carbocycles. The number of carbonyl (C=O) groups is 2. The number of nitro groups is 1. The number of amides is 2. The first-order valence-corrected chi connectivity index (χ1v) is 9.76. The molecule has 8 nitrogen and oxygen atoms in total. The molecule has 0 radical (unpaired) electrons. The fraction of sp³-hybridized carbons (Fsp3) is 0.333. The lowest BCUT2D eigenvalue weighted by molar-refractivity contribution is -0.384. The van der Waals surface area contributed by atoms with Crippen molar-refractivity contribution >= 4 is 34.5 Å². The molecule has 0 unspecified atom stereocenters. The molecule has 3 rings (SSSR count). The Hall–Kier alpha value is -3.15. The number of halogens is 3. The van der Waals surface area contributed by atoms with Gasteiger partial charge in [-0.25, -0.2) is 0 Å². The highest BCUT2D eigenvalue weighted by Gasteiger charge is 2.33. The summed E-state index contributed by atoms with van der Waals surface area (Å²) in [5.41, 5.74) is 3.23. The van der Waals surface area contributed by atoms with Gasteiger partial charge in [0.25, 0.3) is 5.69 Å². The van der Waals surface area contributed by atoms with Gasteiger partial charge in [-0.2, -0.15) is 13.2 Å². The fourth-order valence-electron chi connectivity index (χ4n) is 3.00. The molecule has 0 bridgehead atoms. The topological polar surface area (TPSA) is 105 Å². The van der Waals surface area contributed by atoms with Crippen molar-refractivity contribution in [3.8, 4) is 0 Å². The standard InChI is InChI=1S/C18H17F3N4O4S/c19-18(20,21)12-1-2-13(14(9-12)25(28)29)22-23-16(26)3-4-17(27)24-7-5-15-11(10-24)6-8-30-15/h1-2,6,8-9,22H,3-5,7,10H2,(H,23,26). The van der Waals surface area contributed by atoms with Gasteiger partial charge in [0.2, 0.25) is 11.8 Å². The van der Waals surface area contributed by atoms with Crippen LogP contribution in [0.15, 0.2) is 29.6 Å². The number of thiophene rings is 1. The van der Waals surface area contributed by atoms with Crippen LogP contribution in [0.25, 0.3) is 0 Å². The normalized spacial score (nSPS) is 13.5. The van der Waals surface area contributed by atoms with E-state index in [1.54, 1.807) is 16.2 Å². The Bertz CT molecular complexity index is 977. The van der Waals surface area contributed by atoms with Crippen LogP contribution in [-0.2, 0) is 28.7 Å². The van der Waals surface area contributed by atoms with Crippen molar-refractivity contribution in [2.45, 2.75) is 32.0 Å². The molecule has 0 spiro atoms. The van der Waals surface area contributed by atoms with E-state index in [4.69, 9.17) is 0 Å². The van der Waals surface area contributed by atoms with Crippen molar-refractivity contribution in [3.63, 3.8) is 0 Å². The Kier molecular flexibility index (Phi) is 6.25. The average molecular weight is 442 g/mol. The van der Waals surface area contributed by atoms with Gasteiger partial charge in [-0.05, 0) is 35.6 Å². The first-order chi connectivity index (χ1) is 14.1. The number of nitro benzene ring substituents is 1. The summed E-state index contributed by atoms with van der Waals surface area (Å²) in [5, 5.41) is 13.0. The van der Waals surface area contributed by atoms with Crippen LogP contribution in [0.2, 0.25) is 0 Å². The van der Waals surface area contributed by atoms with Gasteiger partial charge < -0.3 is 4.90 Å². The molecule has 2 heterocycles. The molecule has 2 N–H and O–H groups in total. The maximum absolute atomic E-state index is 12.7. The lowest BCUT2D eigenvalue weighted by Crippen LogP contribution is -2.36. The molecule has 1 aliphatic rings. The molecular weight excluding hydrogens is 425 g/mol. The number of hydrazine groups is 1. The van der Waals surface area contributed by atoms with Crippen LogP contribution in [0.3, 0.4) is 0 Å². The summed E-state index contributed by atoms with van der Waals surface area (Å²) in [6.07, 6.45) is -4.19. The second-order valence-corrected chi connectivity index (χ2v) is 7.59. The van der Waals surface area contributed by atoms with Crippen LogP contribution in [0.5, 0.6) is 0 Å². The summed E-state index contributed by atoms with van der Waals surface area (Å²) in [6, 6.07) is 3.87.